The van der Waals surface area contributed by atoms with E-state index in [1.54, 1.807) is 12.4 Å². The van der Waals surface area contributed by atoms with Crippen molar-refractivity contribution >= 4 is 11.9 Å². The fourth-order valence-electron chi connectivity index (χ4n) is 3.54. The molecule has 26 heavy (non-hydrogen) atoms. The van der Waals surface area contributed by atoms with E-state index in [-0.39, 0.29) is 0 Å². The van der Waals surface area contributed by atoms with Gasteiger partial charge in [-0.05, 0) is 39.7 Å². The van der Waals surface area contributed by atoms with Crippen LogP contribution < -0.4 is 10.2 Å². The van der Waals surface area contributed by atoms with Crippen LogP contribution in [0.25, 0.3) is 0 Å². The summed E-state index contributed by atoms with van der Waals surface area (Å²) in [6.45, 7) is 13.3. The van der Waals surface area contributed by atoms with Gasteiger partial charge in [-0.3, -0.25) is 9.89 Å². The highest BCUT2D eigenvalue weighted by atomic mass is 15.4. The van der Waals surface area contributed by atoms with Crippen molar-refractivity contribution in [2.45, 2.75) is 45.7 Å². The van der Waals surface area contributed by atoms with Crippen molar-refractivity contribution in [3.8, 4) is 0 Å². The van der Waals surface area contributed by atoms with Gasteiger partial charge in [-0.2, -0.15) is 0 Å². The van der Waals surface area contributed by atoms with E-state index in [4.69, 9.17) is 4.99 Å². The molecule has 2 heterocycles. The van der Waals surface area contributed by atoms with Crippen LogP contribution in [0.3, 0.4) is 0 Å². The van der Waals surface area contributed by atoms with Crippen LogP contribution in [0, 0.1) is 0 Å². The maximum Gasteiger partial charge on any atom is 0.225 e. The van der Waals surface area contributed by atoms with Crippen LogP contribution in [0.5, 0.6) is 0 Å². The summed E-state index contributed by atoms with van der Waals surface area (Å²) in [5, 5.41) is 3.46. The van der Waals surface area contributed by atoms with E-state index in [0.717, 1.165) is 63.8 Å². The molecule has 7 heteroatoms. The molecular weight excluding hydrogens is 326 g/mol. The average Bonchev–Trinajstić information content (AvgIpc) is 3.50. The SMILES string of the molecule is CCNC(=NCCN(C(C)C)C1CC1)N1CCN(c2ncccn2)CC1. The molecule has 0 amide bonds. The molecule has 0 bridgehead atoms. The Kier molecular flexibility index (Phi) is 6.66. The Balaban J connectivity index is 1.52. The van der Waals surface area contributed by atoms with Gasteiger partial charge in [-0.1, -0.05) is 0 Å². The van der Waals surface area contributed by atoms with Crippen molar-refractivity contribution in [3.05, 3.63) is 18.5 Å². The smallest absolute Gasteiger partial charge is 0.225 e. The number of aromatic nitrogens is 2. The molecule has 144 valence electrons. The Morgan fingerprint density at radius 3 is 2.50 bits per heavy atom. The summed E-state index contributed by atoms with van der Waals surface area (Å²) >= 11 is 0. The Bertz CT molecular complexity index is 561. The highest BCUT2D eigenvalue weighted by Crippen LogP contribution is 2.28. The number of nitrogens with zero attached hydrogens (tertiary/aromatic N) is 6. The van der Waals surface area contributed by atoms with Crippen molar-refractivity contribution in [1.29, 1.82) is 0 Å². The lowest BCUT2D eigenvalue weighted by atomic mass is 10.3. The molecule has 1 aliphatic carbocycles. The predicted octanol–water partition coefficient (Wildman–Crippen LogP) is 1.44. The van der Waals surface area contributed by atoms with E-state index in [1.807, 2.05) is 6.07 Å². The summed E-state index contributed by atoms with van der Waals surface area (Å²) in [5.74, 6) is 1.87. The summed E-state index contributed by atoms with van der Waals surface area (Å²) < 4.78 is 0. The number of rotatable bonds is 7. The Hall–Kier alpha value is -1.89. The van der Waals surface area contributed by atoms with Gasteiger partial charge in [-0.15, -0.1) is 0 Å². The Labute approximate surface area is 157 Å². The van der Waals surface area contributed by atoms with Gasteiger partial charge in [0.25, 0.3) is 0 Å². The standard InChI is InChI=1S/C19H33N7/c1-4-20-18(23-10-11-26(16(2)3)17-6-7-17)24-12-14-25(15-13-24)19-21-8-5-9-22-19/h5,8-9,16-17H,4,6-7,10-15H2,1-3H3,(H,20,23). The minimum absolute atomic E-state index is 0.606. The molecule has 1 aliphatic heterocycles. The van der Waals surface area contributed by atoms with E-state index in [0.29, 0.717) is 6.04 Å². The zero-order valence-electron chi connectivity index (χ0n) is 16.4. The summed E-state index contributed by atoms with van der Waals surface area (Å²) in [7, 11) is 0. The average molecular weight is 360 g/mol. The molecule has 2 aliphatic rings. The van der Waals surface area contributed by atoms with Crippen molar-refractivity contribution in [1.82, 2.24) is 25.1 Å². The van der Waals surface area contributed by atoms with Gasteiger partial charge in [0.1, 0.15) is 0 Å². The second kappa shape index (κ2) is 9.16. The van der Waals surface area contributed by atoms with Crippen LogP contribution in [-0.2, 0) is 0 Å². The first kappa shape index (κ1) is 18.9. The largest absolute Gasteiger partial charge is 0.357 e. The monoisotopic (exact) mass is 359 g/mol. The molecule has 1 N–H and O–H groups in total. The van der Waals surface area contributed by atoms with E-state index < -0.39 is 0 Å². The first-order valence-corrected chi connectivity index (χ1v) is 10.00. The Morgan fingerprint density at radius 1 is 1.23 bits per heavy atom. The number of hydrogen-bond donors (Lipinski definition) is 1. The fourth-order valence-corrected chi connectivity index (χ4v) is 3.54. The molecule has 0 aromatic carbocycles. The van der Waals surface area contributed by atoms with Crippen LogP contribution in [0.2, 0.25) is 0 Å². The van der Waals surface area contributed by atoms with Crippen LogP contribution in [-0.4, -0.2) is 83.6 Å². The molecule has 1 saturated carbocycles. The van der Waals surface area contributed by atoms with Crippen molar-refractivity contribution in [2.24, 2.45) is 4.99 Å². The van der Waals surface area contributed by atoms with Gasteiger partial charge in [0.2, 0.25) is 5.95 Å². The van der Waals surface area contributed by atoms with Gasteiger partial charge < -0.3 is 15.1 Å². The molecule has 0 atom stereocenters. The van der Waals surface area contributed by atoms with Crippen LogP contribution >= 0.6 is 0 Å². The fraction of sp³-hybridized carbons (Fsp3) is 0.737. The molecule has 1 aromatic rings. The molecule has 7 nitrogen and oxygen atoms in total. The molecule has 2 fully saturated rings. The highest BCUT2D eigenvalue weighted by molar-refractivity contribution is 5.80. The molecule has 0 unspecified atom stereocenters. The van der Waals surface area contributed by atoms with Gasteiger partial charge in [0, 0.05) is 63.7 Å². The molecular formula is C19H33N7. The predicted molar refractivity (Wildman–Crippen MR) is 107 cm³/mol. The van der Waals surface area contributed by atoms with Gasteiger partial charge in [-0.25, -0.2) is 9.97 Å². The van der Waals surface area contributed by atoms with E-state index in [1.165, 1.54) is 12.8 Å². The first-order chi connectivity index (χ1) is 12.7. The van der Waals surface area contributed by atoms with Gasteiger partial charge >= 0.3 is 0 Å². The molecule has 1 aromatic heterocycles. The molecule has 0 radical (unpaired) electrons. The minimum Gasteiger partial charge on any atom is -0.357 e. The third-order valence-electron chi connectivity index (χ3n) is 5.05. The topological polar surface area (TPSA) is 59.9 Å². The lowest BCUT2D eigenvalue weighted by Gasteiger charge is -2.36. The quantitative estimate of drug-likeness (QED) is 0.587. The lowest BCUT2D eigenvalue weighted by Crippen LogP contribution is -2.53. The number of piperazine rings is 1. The zero-order valence-corrected chi connectivity index (χ0v) is 16.4. The van der Waals surface area contributed by atoms with Crippen LogP contribution in [0.4, 0.5) is 5.95 Å². The molecule has 0 spiro atoms. The Morgan fingerprint density at radius 2 is 1.92 bits per heavy atom. The van der Waals surface area contributed by atoms with Crippen molar-refractivity contribution < 1.29 is 0 Å². The van der Waals surface area contributed by atoms with Gasteiger partial charge in [0.15, 0.2) is 5.96 Å². The summed E-state index contributed by atoms with van der Waals surface area (Å²) in [6.07, 6.45) is 6.32. The van der Waals surface area contributed by atoms with Crippen LogP contribution in [0.1, 0.15) is 33.6 Å². The second-order valence-electron chi connectivity index (χ2n) is 7.32. The maximum absolute atomic E-state index is 4.91. The normalized spacial score (nSPS) is 18.7. The third kappa shape index (κ3) is 5.06. The third-order valence-corrected chi connectivity index (χ3v) is 5.05. The number of guanidine groups is 1. The lowest BCUT2D eigenvalue weighted by molar-refractivity contribution is 0.217. The summed E-state index contributed by atoms with van der Waals surface area (Å²) in [6, 6.07) is 3.26. The molecule has 1 saturated heterocycles. The number of hydrogen-bond acceptors (Lipinski definition) is 5. The minimum atomic E-state index is 0.606. The summed E-state index contributed by atoms with van der Waals surface area (Å²) in [4.78, 5) is 20.8. The zero-order chi connectivity index (χ0) is 18.4. The van der Waals surface area contributed by atoms with E-state index in [2.05, 4.69) is 50.8 Å². The van der Waals surface area contributed by atoms with E-state index >= 15 is 0 Å². The number of anilines is 1. The highest BCUT2D eigenvalue weighted by Gasteiger charge is 2.30. The van der Waals surface area contributed by atoms with Crippen molar-refractivity contribution in [3.63, 3.8) is 0 Å². The maximum atomic E-state index is 4.91. The van der Waals surface area contributed by atoms with E-state index in [9.17, 15) is 0 Å². The van der Waals surface area contributed by atoms with Crippen LogP contribution in [0.15, 0.2) is 23.5 Å². The molecule has 3 rings (SSSR count). The number of nitrogens with one attached hydrogen (secondary N) is 1. The first-order valence-electron chi connectivity index (χ1n) is 10.00. The van der Waals surface area contributed by atoms with Crippen molar-refractivity contribution in [2.75, 3.05) is 50.7 Å². The summed E-state index contributed by atoms with van der Waals surface area (Å²) in [5.41, 5.74) is 0. The number of aliphatic imine (C=N–C) groups is 1. The second-order valence-corrected chi connectivity index (χ2v) is 7.32. The van der Waals surface area contributed by atoms with Gasteiger partial charge in [0.05, 0.1) is 6.54 Å².